The number of pyridine rings is 2. The van der Waals surface area contributed by atoms with E-state index in [2.05, 4.69) is 33.5 Å². The van der Waals surface area contributed by atoms with Gasteiger partial charge in [0.05, 0.1) is 37.7 Å². The second-order valence-corrected chi connectivity index (χ2v) is 6.27. The molecule has 2 atom stereocenters. The van der Waals surface area contributed by atoms with Gasteiger partial charge in [0.15, 0.2) is 11.5 Å². The molecule has 26 heavy (non-hydrogen) atoms. The van der Waals surface area contributed by atoms with Gasteiger partial charge < -0.3 is 9.47 Å². The van der Waals surface area contributed by atoms with Crippen molar-refractivity contribution in [3.63, 3.8) is 0 Å². The minimum atomic E-state index is -0.0354. The summed E-state index contributed by atoms with van der Waals surface area (Å²) in [7, 11) is 3.32. The van der Waals surface area contributed by atoms with Crippen molar-refractivity contribution in [2.24, 2.45) is 0 Å². The highest BCUT2D eigenvalue weighted by Crippen LogP contribution is 2.40. The first-order valence-corrected chi connectivity index (χ1v) is 8.63. The van der Waals surface area contributed by atoms with E-state index in [0.29, 0.717) is 0 Å². The number of hydrogen-bond acceptors (Lipinski definition) is 5. The van der Waals surface area contributed by atoms with Gasteiger partial charge in [-0.25, -0.2) is 0 Å². The van der Waals surface area contributed by atoms with E-state index in [9.17, 15) is 0 Å². The zero-order valence-corrected chi connectivity index (χ0v) is 14.8. The third kappa shape index (κ3) is 3.02. The Morgan fingerprint density at radius 1 is 0.885 bits per heavy atom. The number of rotatable bonds is 4. The summed E-state index contributed by atoms with van der Waals surface area (Å²) in [4.78, 5) is 9.11. The molecule has 3 aromatic rings. The van der Waals surface area contributed by atoms with Crippen LogP contribution in [0, 0.1) is 0 Å². The number of hydrogen-bond donors (Lipinski definition) is 1. The van der Waals surface area contributed by atoms with Crippen LogP contribution in [0.4, 0.5) is 0 Å². The molecule has 5 nitrogen and oxygen atoms in total. The van der Waals surface area contributed by atoms with E-state index in [1.54, 1.807) is 14.2 Å². The molecule has 4 rings (SSSR count). The average Bonchev–Trinajstić information content (AvgIpc) is 2.73. The molecule has 3 heterocycles. The lowest BCUT2D eigenvalue weighted by atomic mass is 9.86. The Morgan fingerprint density at radius 3 is 2.15 bits per heavy atom. The maximum Gasteiger partial charge on any atom is 0.161 e. The standard InChI is InChI=1S/C21H21N3O2/c1-25-19-12-14-11-18(16-7-3-5-9-22-16)24-21(15(14)13-20(19)26-2)17-8-4-6-10-23-17/h3-10,12-13,18,21,24H,11H2,1-2H3/t18-,21+/m0/s1. The summed E-state index contributed by atoms with van der Waals surface area (Å²) in [6, 6.07) is 16.2. The lowest BCUT2D eigenvalue weighted by molar-refractivity contribution is 0.350. The number of nitrogens with one attached hydrogen (secondary N) is 1. The van der Waals surface area contributed by atoms with Crippen molar-refractivity contribution in [3.8, 4) is 11.5 Å². The SMILES string of the molecule is COc1cc2c(cc1OC)[C@H](c1ccccn1)N[C@H](c1ccccn1)C2. The van der Waals surface area contributed by atoms with Crippen LogP contribution in [0.2, 0.25) is 0 Å². The van der Waals surface area contributed by atoms with Gasteiger partial charge in [0.1, 0.15) is 0 Å². The smallest absolute Gasteiger partial charge is 0.161 e. The Hall–Kier alpha value is -2.92. The van der Waals surface area contributed by atoms with E-state index in [1.807, 2.05) is 42.7 Å². The topological polar surface area (TPSA) is 56.3 Å². The number of fused-ring (bicyclic) bond motifs is 1. The first kappa shape index (κ1) is 16.5. The predicted octanol–water partition coefficient (Wildman–Crippen LogP) is 3.47. The van der Waals surface area contributed by atoms with Crippen LogP contribution in [-0.2, 0) is 6.42 Å². The van der Waals surface area contributed by atoms with E-state index in [4.69, 9.17) is 9.47 Å². The van der Waals surface area contributed by atoms with Crippen molar-refractivity contribution in [2.75, 3.05) is 14.2 Å². The van der Waals surface area contributed by atoms with Crippen molar-refractivity contribution < 1.29 is 9.47 Å². The van der Waals surface area contributed by atoms with Crippen LogP contribution in [0.25, 0.3) is 0 Å². The van der Waals surface area contributed by atoms with Gasteiger partial charge in [-0.2, -0.15) is 0 Å². The molecule has 0 bridgehead atoms. The molecule has 0 spiro atoms. The van der Waals surface area contributed by atoms with Crippen molar-refractivity contribution >= 4 is 0 Å². The highest BCUT2D eigenvalue weighted by Gasteiger charge is 2.31. The number of methoxy groups -OCH3 is 2. The largest absolute Gasteiger partial charge is 0.493 e. The molecule has 0 unspecified atom stereocenters. The molecule has 0 radical (unpaired) electrons. The molecule has 1 aliphatic heterocycles. The normalized spacial score (nSPS) is 18.8. The maximum absolute atomic E-state index is 5.51. The monoisotopic (exact) mass is 347 g/mol. The molecular weight excluding hydrogens is 326 g/mol. The van der Waals surface area contributed by atoms with Gasteiger partial charge >= 0.3 is 0 Å². The molecule has 0 amide bonds. The summed E-state index contributed by atoms with van der Waals surface area (Å²) in [5.74, 6) is 1.47. The van der Waals surface area contributed by atoms with E-state index >= 15 is 0 Å². The highest BCUT2D eigenvalue weighted by molar-refractivity contribution is 5.51. The summed E-state index contributed by atoms with van der Waals surface area (Å²) in [6.45, 7) is 0. The van der Waals surface area contributed by atoms with Crippen LogP contribution in [0.5, 0.6) is 11.5 Å². The van der Waals surface area contributed by atoms with E-state index in [0.717, 1.165) is 34.9 Å². The van der Waals surface area contributed by atoms with Crippen LogP contribution in [0.3, 0.4) is 0 Å². The second kappa shape index (κ2) is 7.14. The van der Waals surface area contributed by atoms with E-state index < -0.39 is 0 Å². The summed E-state index contributed by atoms with van der Waals surface area (Å²) >= 11 is 0. The van der Waals surface area contributed by atoms with Crippen LogP contribution in [0.1, 0.15) is 34.6 Å². The first-order valence-electron chi connectivity index (χ1n) is 8.63. The van der Waals surface area contributed by atoms with Crippen LogP contribution >= 0.6 is 0 Å². The molecule has 132 valence electrons. The van der Waals surface area contributed by atoms with Gasteiger partial charge in [-0.15, -0.1) is 0 Å². The van der Waals surface area contributed by atoms with E-state index in [1.165, 1.54) is 5.56 Å². The molecule has 1 N–H and O–H groups in total. The lowest BCUT2D eigenvalue weighted by Crippen LogP contribution is -2.35. The fourth-order valence-electron chi connectivity index (χ4n) is 3.52. The third-order valence-corrected chi connectivity index (χ3v) is 4.78. The summed E-state index contributed by atoms with van der Waals surface area (Å²) in [6.07, 6.45) is 4.48. The number of nitrogens with zero attached hydrogens (tertiary/aromatic N) is 2. The summed E-state index contributed by atoms with van der Waals surface area (Å²) in [5, 5.41) is 3.71. The zero-order chi connectivity index (χ0) is 17.9. The molecule has 5 heteroatoms. The van der Waals surface area contributed by atoms with Gasteiger partial charge in [0, 0.05) is 12.4 Å². The van der Waals surface area contributed by atoms with Crippen molar-refractivity contribution in [3.05, 3.63) is 83.4 Å². The molecule has 2 aromatic heterocycles. The van der Waals surface area contributed by atoms with Gasteiger partial charge in [-0.05, 0) is 53.9 Å². The molecule has 0 fully saturated rings. The molecule has 0 saturated carbocycles. The number of ether oxygens (including phenoxy) is 2. The Kier molecular flexibility index (Phi) is 4.54. The minimum absolute atomic E-state index is 0.0354. The van der Waals surface area contributed by atoms with Crippen LogP contribution < -0.4 is 14.8 Å². The average molecular weight is 347 g/mol. The summed E-state index contributed by atoms with van der Waals surface area (Å²) in [5.41, 5.74) is 4.37. The lowest BCUT2D eigenvalue weighted by Gasteiger charge is -2.33. The zero-order valence-electron chi connectivity index (χ0n) is 14.8. The van der Waals surface area contributed by atoms with Crippen molar-refractivity contribution in [2.45, 2.75) is 18.5 Å². The van der Waals surface area contributed by atoms with Crippen molar-refractivity contribution in [1.29, 1.82) is 0 Å². The van der Waals surface area contributed by atoms with Gasteiger partial charge in [0.2, 0.25) is 0 Å². The highest BCUT2D eigenvalue weighted by atomic mass is 16.5. The Labute approximate surface area is 153 Å². The number of aromatic nitrogens is 2. The Morgan fingerprint density at radius 2 is 1.54 bits per heavy atom. The van der Waals surface area contributed by atoms with Gasteiger partial charge in [0.25, 0.3) is 0 Å². The van der Waals surface area contributed by atoms with Crippen molar-refractivity contribution in [1.82, 2.24) is 15.3 Å². The second-order valence-electron chi connectivity index (χ2n) is 6.27. The maximum atomic E-state index is 5.51. The molecule has 0 saturated heterocycles. The van der Waals surface area contributed by atoms with E-state index in [-0.39, 0.29) is 12.1 Å². The quantitative estimate of drug-likeness (QED) is 0.783. The minimum Gasteiger partial charge on any atom is -0.493 e. The summed E-state index contributed by atoms with van der Waals surface area (Å²) < 4.78 is 11.0. The third-order valence-electron chi connectivity index (χ3n) is 4.78. The molecule has 1 aliphatic rings. The molecular formula is C21H21N3O2. The fourth-order valence-corrected chi connectivity index (χ4v) is 3.52. The van der Waals surface area contributed by atoms with Gasteiger partial charge in [-0.3, -0.25) is 15.3 Å². The fraction of sp³-hybridized carbons (Fsp3) is 0.238. The Bertz CT molecular complexity index is 885. The first-order chi connectivity index (χ1) is 12.8. The predicted molar refractivity (Wildman–Crippen MR) is 99.4 cm³/mol. The molecule has 1 aromatic carbocycles. The Balaban J connectivity index is 1.83. The van der Waals surface area contributed by atoms with Crippen LogP contribution in [-0.4, -0.2) is 24.2 Å². The van der Waals surface area contributed by atoms with Crippen LogP contribution in [0.15, 0.2) is 60.9 Å². The van der Waals surface area contributed by atoms with Gasteiger partial charge in [-0.1, -0.05) is 12.1 Å². The molecule has 0 aliphatic carbocycles. The number of benzene rings is 1.